The van der Waals surface area contributed by atoms with E-state index in [2.05, 4.69) is 31.8 Å². The van der Waals surface area contributed by atoms with Crippen molar-refractivity contribution in [2.75, 3.05) is 11.9 Å². The minimum atomic E-state index is -0.599. The third kappa shape index (κ3) is 8.79. The number of hydrazone groups is 1. The van der Waals surface area contributed by atoms with Crippen molar-refractivity contribution in [3.05, 3.63) is 84.2 Å². The smallest absolute Gasteiger partial charge is 0.249 e. The topological polar surface area (TPSA) is 89.0 Å². The van der Waals surface area contributed by atoms with E-state index >= 15 is 0 Å². The number of amides is 2. The number of halogens is 5. The molecule has 0 radical (unpaired) electrons. The monoisotopic (exact) mass is 645 g/mol. The van der Waals surface area contributed by atoms with Crippen LogP contribution < -0.4 is 20.2 Å². The third-order valence-corrected chi connectivity index (χ3v) is 6.56. The molecule has 3 aromatic rings. The number of benzene rings is 3. The van der Waals surface area contributed by atoms with Crippen LogP contribution in [0.5, 0.6) is 11.5 Å². The van der Waals surface area contributed by atoms with Gasteiger partial charge in [-0.1, -0.05) is 52.5 Å². The van der Waals surface area contributed by atoms with Crippen molar-refractivity contribution in [1.29, 1.82) is 0 Å². The molecule has 7 nitrogen and oxygen atoms in total. The maximum atomic E-state index is 12.1. The molecule has 194 valence electrons. The zero-order valence-corrected chi connectivity index (χ0v) is 23.9. The number of carbonyl (C=O) groups excluding carboxylic acids is 2. The van der Waals surface area contributed by atoms with Crippen LogP contribution in [0.2, 0.25) is 20.1 Å². The van der Waals surface area contributed by atoms with Crippen molar-refractivity contribution >= 4 is 86.1 Å². The number of hydrogen-bond donors (Lipinski definition) is 2. The SMILES string of the molecule is CCOc1cc(C=NNC(=O)CC(=O)Nc2ccc(Cl)c(Cl)c2)cc(Br)c1OCc1ccc(Cl)cc1Cl. The average Bonchev–Trinajstić information content (AvgIpc) is 2.82. The summed E-state index contributed by atoms with van der Waals surface area (Å²) >= 11 is 27.5. The summed E-state index contributed by atoms with van der Waals surface area (Å²) in [5.74, 6) is -0.184. The summed E-state index contributed by atoms with van der Waals surface area (Å²) in [7, 11) is 0. The van der Waals surface area contributed by atoms with Crippen LogP contribution in [0.4, 0.5) is 5.69 Å². The van der Waals surface area contributed by atoms with Gasteiger partial charge in [-0.05, 0) is 70.9 Å². The first-order valence-corrected chi connectivity index (χ1v) is 13.1. The number of ether oxygens (including phenoxy) is 2. The Balaban J connectivity index is 1.61. The van der Waals surface area contributed by atoms with E-state index in [1.165, 1.54) is 12.3 Å². The van der Waals surface area contributed by atoms with Gasteiger partial charge in [0, 0.05) is 21.3 Å². The van der Waals surface area contributed by atoms with Crippen molar-refractivity contribution in [2.45, 2.75) is 20.0 Å². The van der Waals surface area contributed by atoms with Gasteiger partial charge in [-0.2, -0.15) is 5.10 Å². The largest absolute Gasteiger partial charge is 0.490 e. The Morgan fingerprint density at radius 3 is 2.43 bits per heavy atom. The number of rotatable bonds is 10. The lowest BCUT2D eigenvalue weighted by Crippen LogP contribution is -2.24. The number of nitrogens with zero attached hydrogens (tertiary/aromatic N) is 1. The molecule has 0 fully saturated rings. The minimum Gasteiger partial charge on any atom is -0.490 e. The van der Waals surface area contributed by atoms with E-state index in [-0.39, 0.29) is 11.6 Å². The van der Waals surface area contributed by atoms with Gasteiger partial charge in [0.15, 0.2) is 11.5 Å². The summed E-state index contributed by atoms with van der Waals surface area (Å²) in [5, 5.41) is 8.16. The third-order valence-electron chi connectivity index (χ3n) is 4.65. The molecule has 0 heterocycles. The molecule has 0 aliphatic rings. The van der Waals surface area contributed by atoms with Crippen LogP contribution in [0.25, 0.3) is 0 Å². The van der Waals surface area contributed by atoms with Gasteiger partial charge in [0.05, 0.1) is 27.3 Å². The van der Waals surface area contributed by atoms with E-state index in [0.29, 0.717) is 48.9 Å². The molecule has 0 aliphatic carbocycles. The Labute approximate surface area is 242 Å². The fourth-order valence-electron chi connectivity index (χ4n) is 3.00. The van der Waals surface area contributed by atoms with E-state index in [4.69, 9.17) is 55.9 Å². The molecule has 12 heteroatoms. The van der Waals surface area contributed by atoms with E-state index in [1.54, 1.807) is 42.5 Å². The van der Waals surface area contributed by atoms with Crippen LogP contribution >= 0.6 is 62.3 Å². The predicted molar refractivity (Wildman–Crippen MR) is 152 cm³/mol. The van der Waals surface area contributed by atoms with Crippen molar-refractivity contribution in [3.63, 3.8) is 0 Å². The van der Waals surface area contributed by atoms with Gasteiger partial charge in [-0.25, -0.2) is 5.43 Å². The lowest BCUT2D eigenvalue weighted by molar-refractivity contribution is -0.126. The standard InChI is InChI=1S/C25H20BrCl4N3O4/c1-2-36-22-8-14(7-18(26)25(22)37-13-15-3-4-16(27)9-20(15)29)12-31-33-24(35)11-23(34)32-17-5-6-19(28)21(30)10-17/h3-10,12H,2,11,13H2,1H3,(H,32,34)(H,33,35). The Hall–Kier alpha value is -2.49. The lowest BCUT2D eigenvalue weighted by atomic mass is 10.2. The predicted octanol–water partition coefficient (Wildman–Crippen LogP) is 7.52. The van der Waals surface area contributed by atoms with E-state index < -0.39 is 18.2 Å². The summed E-state index contributed by atoms with van der Waals surface area (Å²) in [5.41, 5.74) is 4.12. The molecule has 0 bridgehead atoms. The minimum absolute atomic E-state index is 0.197. The fraction of sp³-hybridized carbons (Fsp3) is 0.160. The second-order valence-electron chi connectivity index (χ2n) is 7.43. The molecule has 3 rings (SSSR count). The first kappa shape index (κ1) is 29.1. The summed E-state index contributed by atoms with van der Waals surface area (Å²) in [6.07, 6.45) is 0.980. The summed E-state index contributed by atoms with van der Waals surface area (Å²) < 4.78 is 12.3. The van der Waals surface area contributed by atoms with Gasteiger partial charge in [0.2, 0.25) is 11.8 Å². The number of hydrogen-bond acceptors (Lipinski definition) is 5. The lowest BCUT2D eigenvalue weighted by Gasteiger charge is -2.15. The molecule has 0 unspecified atom stereocenters. The molecular formula is C25H20BrCl4N3O4. The number of carbonyl (C=O) groups is 2. The van der Waals surface area contributed by atoms with Crippen LogP contribution in [0.1, 0.15) is 24.5 Å². The van der Waals surface area contributed by atoms with E-state index in [9.17, 15) is 9.59 Å². The molecule has 0 saturated heterocycles. The van der Waals surface area contributed by atoms with Gasteiger partial charge in [0.1, 0.15) is 13.0 Å². The van der Waals surface area contributed by atoms with Crippen LogP contribution in [-0.2, 0) is 16.2 Å². The van der Waals surface area contributed by atoms with Crippen molar-refractivity contribution in [2.24, 2.45) is 5.10 Å². The Morgan fingerprint density at radius 1 is 0.946 bits per heavy atom. The van der Waals surface area contributed by atoms with Crippen LogP contribution in [0.15, 0.2) is 58.1 Å². The first-order valence-electron chi connectivity index (χ1n) is 10.8. The van der Waals surface area contributed by atoms with Gasteiger partial charge < -0.3 is 14.8 Å². The van der Waals surface area contributed by atoms with E-state index in [1.807, 2.05) is 6.92 Å². The highest BCUT2D eigenvalue weighted by molar-refractivity contribution is 9.10. The quantitative estimate of drug-likeness (QED) is 0.135. The van der Waals surface area contributed by atoms with E-state index in [0.717, 1.165) is 5.56 Å². The highest BCUT2D eigenvalue weighted by Crippen LogP contribution is 2.37. The number of anilines is 1. The maximum absolute atomic E-state index is 12.1. The molecule has 0 aromatic heterocycles. The van der Waals surface area contributed by atoms with Crippen LogP contribution in [0, 0.1) is 0 Å². The van der Waals surface area contributed by atoms with Crippen molar-refractivity contribution < 1.29 is 19.1 Å². The van der Waals surface area contributed by atoms with Crippen LogP contribution in [0.3, 0.4) is 0 Å². The zero-order chi connectivity index (χ0) is 26.9. The first-order chi connectivity index (χ1) is 17.7. The van der Waals surface area contributed by atoms with Gasteiger partial charge in [-0.3, -0.25) is 9.59 Å². The molecule has 3 aromatic carbocycles. The molecular weight excluding hydrogens is 628 g/mol. The van der Waals surface area contributed by atoms with Crippen LogP contribution in [-0.4, -0.2) is 24.6 Å². The highest BCUT2D eigenvalue weighted by atomic mass is 79.9. The van der Waals surface area contributed by atoms with Gasteiger partial charge in [0.25, 0.3) is 0 Å². The Bertz CT molecular complexity index is 1340. The second-order valence-corrected chi connectivity index (χ2v) is 9.95. The Kier molecular flexibility index (Phi) is 10.9. The molecule has 2 amide bonds. The molecule has 37 heavy (non-hydrogen) atoms. The van der Waals surface area contributed by atoms with Gasteiger partial charge in [-0.15, -0.1) is 0 Å². The number of nitrogens with one attached hydrogen (secondary N) is 2. The molecule has 0 saturated carbocycles. The maximum Gasteiger partial charge on any atom is 0.249 e. The average molecular weight is 648 g/mol. The molecule has 0 spiro atoms. The fourth-order valence-corrected chi connectivity index (χ4v) is 4.33. The highest BCUT2D eigenvalue weighted by Gasteiger charge is 2.14. The van der Waals surface area contributed by atoms with Gasteiger partial charge >= 0.3 is 0 Å². The zero-order valence-electron chi connectivity index (χ0n) is 19.3. The summed E-state index contributed by atoms with van der Waals surface area (Å²) in [6, 6.07) is 13.2. The molecule has 0 aliphatic heterocycles. The summed E-state index contributed by atoms with van der Waals surface area (Å²) in [6.45, 7) is 2.44. The Morgan fingerprint density at radius 2 is 1.73 bits per heavy atom. The molecule has 0 atom stereocenters. The summed E-state index contributed by atoms with van der Waals surface area (Å²) in [4.78, 5) is 24.2. The van der Waals surface area contributed by atoms with Crippen molar-refractivity contribution in [3.8, 4) is 11.5 Å². The normalized spacial score (nSPS) is 10.9. The second kappa shape index (κ2) is 13.9. The van der Waals surface area contributed by atoms with Crippen molar-refractivity contribution in [1.82, 2.24) is 5.43 Å². The molecule has 2 N–H and O–H groups in total.